The van der Waals surface area contributed by atoms with Crippen LogP contribution in [0.1, 0.15) is 5.56 Å². The lowest BCUT2D eigenvalue weighted by molar-refractivity contribution is -0.114. The second-order valence-electron chi connectivity index (χ2n) is 4.01. The fraction of sp³-hybridized carbons (Fsp3) is 0.231. The zero-order valence-corrected chi connectivity index (χ0v) is 11.1. The first-order chi connectivity index (χ1) is 9.75. The molecule has 0 spiro atoms. The van der Waals surface area contributed by atoms with Gasteiger partial charge in [0.25, 0.3) is 5.91 Å². The third-order valence-corrected chi connectivity index (χ3v) is 2.50. The van der Waals surface area contributed by atoms with Crippen molar-refractivity contribution < 1.29 is 22.7 Å². The standard InChI is InChI=1S/C13H14F3N3O2/c1-21-10-5-3-2-4-8(10)7-19-12(20)9(17)6-11(18)13(14,15)16/h2-6,17H,7,18H2,1H3,(H,19,20)/b11-6-,17-9?. The maximum absolute atomic E-state index is 12.2. The van der Waals surface area contributed by atoms with Gasteiger partial charge in [-0.15, -0.1) is 0 Å². The summed E-state index contributed by atoms with van der Waals surface area (Å²) in [6, 6.07) is 6.81. The zero-order valence-electron chi connectivity index (χ0n) is 11.1. The normalized spacial score (nSPS) is 11.9. The van der Waals surface area contributed by atoms with Gasteiger partial charge in [0.1, 0.15) is 17.2 Å². The van der Waals surface area contributed by atoms with Crippen molar-refractivity contribution in [1.29, 1.82) is 5.41 Å². The van der Waals surface area contributed by atoms with Crippen LogP contribution in [0.3, 0.4) is 0 Å². The van der Waals surface area contributed by atoms with Crippen molar-refractivity contribution >= 4 is 11.6 Å². The molecular formula is C13H14F3N3O2. The summed E-state index contributed by atoms with van der Waals surface area (Å²) in [4.78, 5) is 11.5. The molecule has 0 heterocycles. The Morgan fingerprint density at radius 1 is 1.43 bits per heavy atom. The van der Waals surface area contributed by atoms with Gasteiger partial charge in [-0.05, 0) is 12.1 Å². The Hall–Kier alpha value is -2.51. The van der Waals surface area contributed by atoms with E-state index >= 15 is 0 Å². The second-order valence-corrected chi connectivity index (χ2v) is 4.01. The second kappa shape index (κ2) is 6.78. The Kier molecular flexibility index (Phi) is 5.34. The number of nitrogens with one attached hydrogen (secondary N) is 2. The van der Waals surface area contributed by atoms with Gasteiger partial charge in [-0.3, -0.25) is 10.2 Å². The molecule has 0 bridgehead atoms. The fourth-order valence-electron chi connectivity index (χ4n) is 1.42. The molecule has 8 heteroatoms. The summed E-state index contributed by atoms with van der Waals surface area (Å²) in [6.07, 6.45) is -4.49. The van der Waals surface area contributed by atoms with Crippen molar-refractivity contribution in [3.8, 4) is 5.75 Å². The SMILES string of the molecule is COc1ccccc1CNC(=O)C(=N)/C=C(\N)C(F)(F)F. The van der Waals surface area contributed by atoms with E-state index in [4.69, 9.17) is 15.9 Å². The number of carbonyl (C=O) groups excluding carboxylic acids is 1. The highest BCUT2D eigenvalue weighted by Gasteiger charge is 2.32. The Labute approximate surface area is 119 Å². The maximum Gasteiger partial charge on any atom is 0.430 e. The van der Waals surface area contributed by atoms with Crippen LogP contribution in [0.4, 0.5) is 13.2 Å². The highest BCUT2D eigenvalue weighted by atomic mass is 19.4. The van der Waals surface area contributed by atoms with Crippen LogP contribution in [-0.4, -0.2) is 24.9 Å². The average molecular weight is 301 g/mol. The summed E-state index contributed by atoms with van der Waals surface area (Å²) in [5.74, 6) is -0.442. The monoisotopic (exact) mass is 301 g/mol. The molecule has 0 aliphatic carbocycles. The molecule has 4 N–H and O–H groups in total. The Bertz CT molecular complexity index is 568. The Balaban J connectivity index is 2.68. The lowest BCUT2D eigenvalue weighted by Gasteiger charge is -2.10. The van der Waals surface area contributed by atoms with Gasteiger partial charge in [-0.25, -0.2) is 0 Å². The number of carbonyl (C=O) groups is 1. The van der Waals surface area contributed by atoms with Crippen LogP contribution in [0, 0.1) is 5.41 Å². The lowest BCUT2D eigenvalue weighted by atomic mass is 10.2. The molecule has 0 aromatic heterocycles. The van der Waals surface area contributed by atoms with Crippen LogP contribution in [-0.2, 0) is 11.3 Å². The van der Waals surface area contributed by atoms with Crippen molar-refractivity contribution in [3.05, 3.63) is 41.6 Å². The predicted molar refractivity (Wildman–Crippen MR) is 70.9 cm³/mol. The minimum atomic E-state index is -4.77. The molecule has 0 unspecified atom stereocenters. The molecule has 1 rings (SSSR count). The van der Waals surface area contributed by atoms with Crippen molar-refractivity contribution in [3.63, 3.8) is 0 Å². The number of nitrogens with two attached hydrogens (primary N) is 1. The fourth-order valence-corrected chi connectivity index (χ4v) is 1.42. The lowest BCUT2D eigenvalue weighted by Crippen LogP contribution is -2.31. The van der Waals surface area contributed by atoms with E-state index in [1.54, 1.807) is 24.3 Å². The summed E-state index contributed by atoms with van der Waals surface area (Å²) in [7, 11) is 1.45. The molecular weight excluding hydrogens is 287 g/mol. The first-order valence-corrected chi connectivity index (χ1v) is 5.78. The number of ether oxygens (including phenoxy) is 1. The molecule has 1 aromatic rings. The molecule has 1 amide bonds. The maximum atomic E-state index is 12.2. The van der Waals surface area contributed by atoms with Gasteiger partial charge in [-0.1, -0.05) is 18.2 Å². The minimum absolute atomic E-state index is 0.0188. The van der Waals surface area contributed by atoms with Gasteiger partial charge in [-0.2, -0.15) is 13.2 Å². The number of benzene rings is 1. The topological polar surface area (TPSA) is 88.2 Å². The van der Waals surface area contributed by atoms with Crippen LogP contribution < -0.4 is 15.8 Å². The van der Waals surface area contributed by atoms with Crippen LogP contribution in [0.15, 0.2) is 36.0 Å². The van der Waals surface area contributed by atoms with Crippen molar-refractivity contribution in [2.75, 3.05) is 7.11 Å². The molecule has 0 atom stereocenters. The number of alkyl halides is 3. The largest absolute Gasteiger partial charge is 0.496 e. The molecule has 5 nitrogen and oxygen atoms in total. The van der Waals surface area contributed by atoms with Gasteiger partial charge < -0.3 is 15.8 Å². The summed E-state index contributed by atoms with van der Waals surface area (Å²) in [5.41, 5.74) is 3.00. The molecule has 0 aliphatic rings. The molecule has 114 valence electrons. The van der Waals surface area contributed by atoms with E-state index in [1.807, 2.05) is 0 Å². The van der Waals surface area contributed by atoms with E-state index in [2.05, 4.69) is 5.32 Å². The van der Waals surface area contributed by atoms with Crippen LogP contribution in [0.2, 0.25) is 0 Å². The van der Waals surface area contributed by atoms with Crippen molar-refractivity contribution in [2.45, 2.75) is 12.7 Å². The Morgan fingerprint density at radius 2 is 2.05 bits per heavy atom. The molecule has 0 saturated heterocycles. The average Bonchev–Trinajstić information content (AvgIpc) is 2.43. The third kappa shape index (κ3) is 4.83. The number of halogens is 3. The third-order valence-electron chi connectivity index (χ3n) is 2.50. The van der Waals surface area contributed by atoms with Crippen molar-refractivity contribution in [1.82, 2.24) is 5.32 Å². The molecule has 21 heavy (non-hydrogen) atoms. The summed E-state index contributed by atoms with van der Waals surface area (Å²) >= 11 is 0. The van der Waals surface area contributed by atoms with Gasteiger partial charge >= 0.3 is 6.18 Å². The van der Waals surface area contributed by atoms with Crippen LogP contribution in [0.25, 0.3) is 0 Å². The zero-order chi connectivity index (χ0) is 16.0. The number of hydrogen-bond acceptors (Lipinski definition) is 4. The summed E-state index contributed by atoms with van der Waals surface area (Å²) in [6.45, 7) is 0.0188. The molecule has 0 radical (unpaired) electrons. The number of rotatable bonds is 5. The van der Waals surface area contributed by atoms with E-state index in [0.717, 1.165) is 0 Å². The molecule has 1 aromatic carbocycles. The number of allylic oxidation sites excluding steroid dienone is 1. The van der Waals surface area contributed by atoms with E-state index in [0.29, 0.717) is 11.3 Å². The first-order valence-electron chi connectivity index (χ1n) is 5.78. The van der Waals surface area contributed by atoms with E-state index < -0.39 is 23.5 Å². The number of methoxy groups -OCH3 is 1. The van der Waals surface area contributed by atoms with E-state index in [9.17, 15) is 18.0 Å². The Morgan fingerprint density at radius 3 is 2.62 bits per heavy atom. The highest BCUT2D eigenvalue weighted by Crippen LogP contribution is 2.21. The predicted octanol–water partition coefficient (Wildman–Crippen LogP) is 1.74. The summed E-state index contributed by atoms with van der Waals surface area (Å²) in [5, 5.41) is 9.59. The van der Waals surface area contributed by atoms with Gasteiger partial charge in [0.05, 0.1) is 7.11 Å². The number of para-hydroxylation sites is 1. The highest BCUT2D eigenvalue weighted by molar-refractivity contribution is 6.42. The van der Waals surface area contributed by atoms with Gasteiger partial charge in [0, 0.05) is 12.1 Å². The van der Waals surface area contributed by atoms with Crippen LogP contribution in [0.5, 0.6) is 5.75 Å². The minimum Gasteiger partial charge on any atom is -0.496 e. The smallest absolute Gasteiger partial charge is 0.430 e. The van der Waals surface area contributed by atoms with Crippen molar-refractivity contribution in [2.24, 2.45) is 5.73 Å². The molecule has 0 saturated carbocycles. The van der Waals surface area contributed by atoms with Gasteiger partial charge in [0.15, 0.2) is 0 Å². The number of hydrogen-bond donors (Lipinski definition) is 3. The molecule has 0 aliphatic heterocycles. The summed E-state index contributed by atoms with van der Waals surface area (Å²) < 4.78 is 41.6. The first kappa shape index (κ1) is 16.5. The number of amides is 1. The van der Waals surface area contributed by atoms with Crippen LogP contribution >= 0.6 is 0 Å². The quantitative estimate of drug-likeness (QED) is 0.724. The van der Waals surface area contributed by atoms with E-state index in [-0.39, 0.29) is 12.6 Å². The molecule has 0 fully saturated rings. The van der Waals surface area contributed by atoms with Gasteiger partial charge in [0.2, 0.25) is 0 Å². The van der Waals surface area contributed by atoms with E-state index in [1.165, 1.54) is 7.11 Å².